The first-order chi connectivity index (χ1) is 26.0. The molecule has 0 aromatic heterocycles. The molecule has 0 aromatic carbocycles. The van der Waals surface area contributed by atoms with Crippen LogP contribution in [0.1, 0.15) is 104 Å². The van der Waals surface area contributed by atoms with Gasteiger partial charge in [0.05, 0.1) is 17.6 Å². The fourth-order valence-corrected chi connectivity index (χ4v) is 12.0. The maximum Gasteiger partial charge on any atom is 0.106 e. The summed E-state index contributed by atoms with van der Waals surface area (Å²) >= 11 is 0. The first-order valence-electron chi connectivity index (χ1n) is 21.5. The topological polar surface area (TPSA) is 33.3 Å². The molecule has 3 heteroatoms. The summed E-state index contributed by atoms with van der Waals surface area (Å²) in [6, 6.07) is 0.206. The summed E-state index contributed by atoms with van der Waals surface area (Å²) < 4.78 is 7.08. The third-order valence-electron chi connectivity index (χ3n) is 14.7. The quantitative estimate of drug-likeness (QED) is 0.213. The second-order valence-corrected chi connectivity index (χ2v) is 18.1. The van der Waals surface area contributed by atoms with Gasteiger partial charge in [0.2, 0.25) is 0 Å². The average Bonchev–Trinajstić information content (AvgIpc) is 3.45. The fourth-order valence-electron chi connectivity index (χ4n) is 12.0. The second kappa shape index (κ2) is 15.0. The van der Waals surface area contributed by atoms with Crippen molar-refractivity contribution in [2.45, 2.75) is 122 Å². The van der Waals surface area contributed by atoms with E-state index in [0.29, 0.717) is 35.5 Å². The molecule has 0 saturated carbocycles. The van der Waals surface area contributed by atoms with E-state index >= 15 is 0 Å². The largest absolute Gasteiger partial charge is 0.494 e. The molecule has 53 heavy (non-hydrogen) atoms. The van der Waals surface area contributed by atoms with Crippen LogP contribution in [0.3, 0.4) is 0 Å². The smallest absolute Gasteiger partial charge is 0.106 e. The molecule has 0 radical (unpaired) electrons. The molecule has 278 valence electrons. The molecule has 0 amide bonds. The molecule has 2 N–H and O–H groups in total. The van der Waals surface area contributed by atoms with Crippen LogP contribution in [0.15, 0.2) is 137 Å². The van der Waals surface area contributed by atoms with Gasteiger partial charge in [-0.1, -0.05) is 122 Å². The highest BCUT2D eigenvalue weighted by atomic mass is 16.5. The van der Waals surface area contributed by atoms with Crippen molar-refractivity contribution in [3.63, 3.8) is 0 Å². The molecular weight excluding hydrogens is 645 g/mol. The van der Waals surface area contributed by atoms with Gasteiger partial charge in [0.15, 0.2) is 0 Å². The summed E-state index contributed by atoms with van der Waals surface area (Å²) in [7, 11) is 0. The maximum atomic E-state index is 7.08. The Morgan fingerprint density at radius 1 is 0.830 bits per heavy atom. The molecule has 0 spiro atoms. The Balaban J connectivity index is 1.11. The molecule has 9 rings (SSSR count). The summed E-state index contributed by atoms with van der Waals surface area (Å²) in [4.78, 5) is 0. The Kier molecular flexibility index (Phi) is 9.93. The molecular formula is C50H62N2O. The average molecular weight is 707 g/mol. The Morgan fingerprint density at radius 3 is 2.60 bits per heavy atom. The molecule has 0 bridgehead atoms. The molecule has 0 fully saturated rings. The van der Waals surface area contributed by atoms with Crippen molar-refractivity contribution in [3.05, 3.63) is 137 Å². The van der Waals surface area contributed by atoms with Crippen LogP contribution in [0.5, 0.6) is 0 Å². The number of nitrogens with one attached hydrogen (secondary N) is 2. The van der Waals surface area contributed by atoms with Crippen molar-refractivity contribution in [2.75, 3.05) is 0 Å². The first kappa shape index (κ1) is 35.2. The highest BCUT2D eigenvalue weighted by molar-refractivity contribution is 5.50. The lowest BCUT2D eigenvalue weighted by Gasteiger charge is -2.56. The molecule has 0 saturated heterocycles. The van der Waals surface area contributed by atoms with E-state index in [1.165, 1.54) is 56.4 Å². The van der Waals surface area contributed by atoms with Gasteiger partial charge in [0, 0.05) is 41.5 Å². The van der Waals surface area contributed by atoms with Crippen molar-refractivity contribution in [3.8, 4) is 0 Å². The van der Waals surface area contributed by atoms with Crippen molar-refractivity contribution in [1.29, 1.82) is 0 Å². The minimum atomic E-state index is 0.000457. The molecule has 2 heterocycles. The van der Waals surface area contributed by atoms with E-state index < -0.39 is 0 Å². The second-order valence-electron chi connectivity index (χ2n) is 18.1. The molecule has 3 nitrogen and oxygen atoms in total. The summed E-state index contributed by atoms with van der Waals surface area (Å²) in [5.41, 5.74) is 10.2. The van der Waals surface area contributed by atoms with E-state index in [2.05, 4.69) is 134 Å². The Labute approximate surface area is 320 Å². The highest BCUT2D eigenvalue weighted by Crippen LogP contribution is 2.63. The number of allylic oxidation sites excluding steroid dienone is 17. The van der Waals surface area contributed by atoms with E-state index in [0.717, 1.165) is 44.9 Å². The minimum Gasteiger partial charge on any atom is -0.494 e. The van der Waals surface area contributed by atoms with Gasteiger partial charge >= 0.3 is 0 Å². The number of rotatable bonds is 6. The van der Waals surface area contributed by atoms with Gasteiger partial charge < -0.3 is 10.1 Å². The molecule has 9 aliphatic rings. The zero-order valence-electron chi connectivity index (χ0n) is 32.3. The van der Waals surface area contributed by atoms with Gasteiger partial charge in [-0.05, 0) is 112 Å². The summed E-state index contributed by atoms with van der Waals surface area (Å²) in [6.07, 6.45) is 57.7. The van der Waals surface area contributed by atoms with Gasteiger partial charge in [-0.3, -0.25) is 5.32 Å². The van der Waals surface area contributed by atoms with Gasteiger partial charge in [-0.25, -0.2) is 0 Å². The van der Waals surface area contributed by atoms with E-state index in [4.69, 9.17) is 4.74 Å². The summed E-state index contributed by atoms with van der Waals surface area (Å²) in [6.45, 7) is 4.86. The maximum absolute atomic E-state index is 7.08. The van der Waals surface area contributed by atoms with Crippen molar-refractivity contribution < 1.29 is 4.74 Å². The van der Waals surface area contributed by atoms with Crippen molar-refractivity contribution in [2.24, 2.45) is 46.3 Å². The highest BCUT2D eigenvalue weighted by Gasteiger charge is 2.56. The molecule has 7 aliphatic carbocycles. The van der Waals surface area contributed by atoms with Crippen LogP contribution in [0.4, 0.5) is 0 Å². The summed E-state index contributed by atoms with van der Waals surface area (Å²) in [5.74, 6) is 4.39. The Hall–Kier alpha value is -3.52. The van der Waals surface area contributed by atoms with Crippen LogP contribution in [0.25, 0.3) is 0 Å². The van der Waals surface area contributed by atoms with Gasteiger partial charge in [0.1, 0.15) is 6.10 Å². The van der Waals surface area contributed by atoms with Crippen LogP contribution in [-0.4, -0.2) is 18.3 Å². The molecule has 0 aromatic rings. The molecule has 10 unspecified atom stereocenters. The van der Waals surface area contributed by atoms with Crippen LogP contribution in [-0.2, 0) is 4.74 Å². The lowest BCUT2D eigenvalue weighted by molar-refractivity contribution is -0.0158. The first-order valence-corrected chi connectivity index (χ1v) is 21.5. The zero-order chi connectivity index (χ0) is 35.8. The van der Waals surface area contributed by atoms with E-state index in [1.54, 1.807) is 16.7 Å². The number of fused-ring (bicyclic) bond motifs is 1. The molecule has 2 aliphatic heterocycles. The monoisotopic (exact) mass is 706 g/mol. The number of ether oxygens (including phenoxy) is 1. The summed E-state index contributed by atoms with van der Waals surface area (Å²) in [5, 5.41) is 8.42. The van der Waals surface area contributed by atoms with E-state index in [-0.39, 0.29) is 29.1 Å². The lowest BCUT2D eigenvalue weighted by atomic mass is 9.51. The van der Waals surface area contributed by atoms with Crippen molar-refractivity contribution >= 4 is 0 Å². The van der Waals surface area contributed by atoms with Gasteiger partial charge in [-0.2, -0.15) is 0 Å². The third kappa shape index (κ3) is 6.55. The van der Waals surface area contributed by atoms with Crippen LogP contribution >= 0.6 is 0 Å². The van der Waals surface area contributed by atoms with Crippen LogP contribution in [0, 0.1) is 46.3 Å². The predicted octanol–water partition coefficient (Wildman–Crippen LogP) is 11.6. The Morgan fingerprint density at radius 2 is 1.75 bits per heavy atom. The number of hydrogen-bond acceptors (Lipinski definition) is 3. The fraction of sp³-hybridized carbons (Fsp3) is 0.540. The predicted molar refractivity (Wildman–Crippen MR) is 219 cm³/mol. The van der Waals surface area contributed by atoms with Crippen LogP contribution in [0.2, 0.25) is 0 Å². The Bertz CT molecular complexity index is 1800. The third-order valence-corrected chi connectivity index (χ3v) is 14.7. The van der Waals surface area contributed by atoms with Gasteiger partial charge in [0.25, 0.3) is 0 Å². The van der Waals surface area contributed by atoms with E-state index in [9.17, 15) is 0 Å². The SMILES string of the molecule is C[C@@H]1CCC2=C(C1)OC1CC=CCC1C2(C1=CC=CCC1)C1=CC(C2C=CCCC2C2NC(C3C=CC=CC3)=C=CC(C3(C)C=CC=CC3)N2)CCC1. The van der Waals surface area contributed by atoms with Gasteiger partial charge in [-0.15, -0.1) is 5.73 Å². The van der Waals surface area contributed by atoms with E-state index in [1.807, 2.05) is 0 Å². The molecule has 11 atom stereocenters. The lowest BCUT2D eigenvalue weighted by Crippen LogP contribution is -2.56. The normalized spacial score (nSPS) is 41.8. The van der Waals surface area contributed by atoms with Crippen molar-refractivity contribution in [1.82, 2.24) is 10.6 Å². The minimum absolute atomic E-state index is 0.000457. The van der Waals surface area contributed by atoms with Crippen LogP contribution < -0.4 is 10.6 Å². The standard InChI is InChI=1S/C50H62N2O/c1-35-27-28-43-46(33-35)53-45-26-13-12-25-42(45)50(43,38-20-8-4-9-21-38)39-22-16-19-37(34-39)40-23-10-11-24-41(40)48-51-44(36-17-6-3-7-18-36)29-30-47(52-48)49(2)31-14-5-15-32-49/h3-8,10,12-15,17,20,23,30-31,34-37,40-42,45,47-48,51-52H,9,11,16,18-19,21-22,24-28,32-33H2,1-2H3/t35-,36?,37?,40?,41?,42?,45?,47?,48?,49?,50?/m1/s1. The number of hydrogen-bond donors (Lipinski definition) is 2. The zero-order valence-corrected chi connectivity index (χ0v) is 32.3.